The second-order valence-corrected chi connectivity index (χ2v) is 6.66. The van der Waals surface area contributed by atoms with E-state index in [0.717, 1.165) is 5.56 Å². The van der Waals surface area contributed by atoms with E-state index in [1.165, 1.54) is 6.07 Å². The summed E-state index contributed by atoms with van der Waals surface area (Å²) in [5.74, 6) is -1.52. The number of benzene rings is 3. The minimum absolute atomic E-state index is 0.0179. The number of anilines is 2. The molecule has 0 fully saturated rings. The molecule has 0 radical (unpaired) electrons. The van der Waals surface area contributed by atoms with E-state index in [2.05, 4.69) is 10.6 Å². The van der Waals surface area contributed by atoms with Gasteiger partial charge in [-0.1, -0.05) is 42.5 Å². The minimum Gasteiger partial charge on any atom is -0.426 e. The number of para-hydroxylation sites is 2. The maximum absolute atomic E-state index is 12.7. The Balaban J connectivity index is 1.50. The van der Waals surface area contributed by atoms with Crippen LogP contribution in [-0.4, -0.2) is 17.8 Å². The molecule has 6 heteroatoms. The fraction of sp³-hybridized carbons (Fsp3) is 0.0870. The Morgan fingerprint density at radius 1 is 0.931 bits per heavy atom. The van der Waals surface area contributed by atoms with Crippen molar-refractivity contribution in [3.05, 3.63) is 90.0 Å². The fourth-order valence-electron chi connectivity index (χ4n) is 3.23. The van der Waals surface area contributed by atoms with Crippen molar-refractivity contribution < 1.29 is 19.1 Å². The molecule has 0 spiro atoms. The van der Waals surface area contributed by atoms with Gasteiger partial charge in [0.1, 0.15) is 5.75 Å². The smallest absolute Gasteiger partial charge is 0.319 e. The van der Waals surface area contributed by atoms with Gasteiger partial charge >= 0.3 is 5.97 Å². The average molecular weight is 386 g/mol. The van der Waals surface area contributed by atoms with Crippen molar-refractivity contribution in [3.8, 4) is 5.75 Å². The van der Waals surface area contributed by atoms with Crippen molar-refractivity contribution >= 4 is 29.2 Å². The molecule has 1 atom stereocenters. The van der Waals surface area contributed by atoms with Gasteiger partial charge in [-0.2, -0.15) is 0 Å². The van der Waals surface area contributed by atoms with E-state index in [-0.39, 0.29) is 24.0 Å². The predicted molar refractivity (Wildman–Crippen MR) is 109 cm³/mol. The number of fused-ring (bicyclic) bond motifs is 1. The standard InChI is InChI=1S/C23H18N2O4/c26-21-14-19(18-11-4-5-12-20(18)25-21)23(28)29-17-10-6-7-15(13-17)22(27)24-16-8-2-1-3-9-16/h1-13,19H,14H2,(H,24,27)(H,25,26)/t19-/m1/s1. The van der Waals surface area contributed by atoms with Crippen LogP contribution in [0.4, 0.5) is 11.4 Å². The van der Waals surface area contributed by atoms with Crippen LogP contribution in [0.15, 0.2) is 78.9 Å². The summed E-state index contributed by atoms with van der Waals surface area (Å²) in [5, 5.41) is 5.54. The summed E-state index contributed by atoms with van der Waals surface area (Å²) in [6.45, 7) is 0. The van der Waals surface area contributed by atoms with Gasteiger partial charge in [0.2, 0.25) is 5.91 Å². The van der Waals surface area contributed by atoms with Gasteiger partial charge in [0, 0.05) is 23.4 Å². The van der Waals surface area contributed by atoms with E-state index < -0.39 is 11.9 Å². The number of carbonyl (C=O) groups is 3. The molecule has 0 saturated carbocycles. The number of esters is 1. The van der Waals surface area contributed by atoms with Gasteiger partial charge in [-0.15, -0.1) is 0 Å². The third-order valence-electron chi connectivity index (χ3n) is 4.63. The maximum atomic E-state index is 12.7. The molecule has 0 aromatic heterocycles. The summed E-state index contributed by atoms with van der Waals surface area (Å²) < 4.78 is 5.50. The quantitative estimate of drug-likeness (QED) is 0.525. The van der Waals surface area contributed by atoms with Crippen LogP contribution >= 0.6 is 0 Å². The molecule has 144 valence electrons. The largest absolute Gasteiger partial charge is 0.426 e. The normalized spacial score (nSPS) is 15.0. The lowest BCUT2D eigenvalue weighted by atomic mass is 9.91. The van der Waals surface area contributed by atoms with Crippen LogP contribution in [0.3, 0.4) is 0 Å². The Labute approximate surface area is 167 Å². The van der Waals surface area contributed by atoms with E-state index in [9.17, 15) is 14.4 Å². The SMILES string of the molecule is O=C1C[C@@H](C(=O)Oc2cccc(C(=O)Nc3ccccc3)c2)c2ccccc2N1. The lowest BCUT2D eigenvalue weighted by Gasteiger charge is -2.24. The zero-order chi connectivity index (χ0) is 20.2. The van der Waals surface area contributed by atoms with Crippen molar-refractivity contribution in [3.63, 3.8) is 0 Å². The summed E-state index contributed by atoms with van der Waals surface area (Å²) in [7, 11) is 0. The van der Waals surface area contributed by atoms with Crippen molar-refractivity contribution in [2.45, 2.75) is 12.3 Å². The van der Waals surface area contributed by atoms with Crippen LogP contribution in [0.2, 0.25) is 0 Å². The molecule has 3 aromatic carbocycles. The van der Waals surface area contributed by atoms with E-state index in [1.54, 1.807) is 48.5 Å². The highest BCUT2D eigenvalue weighted by Gasteiger charge is 2.32. The predicted octanol–water partition coefficient (Wildman–Crippen LogP) is 3.97. The van der Waals surface area contributed by atoms with Gasteiger partial charge < -0.3 is 15.4 Å². The van der Waals surface area contributed by atoms with Crippen LogP contribution in [0, 0.1) is 0 Å². The molecule has 4 rings (SSSR count). The summed E-state index contributed by atoms with van der Waals surface area (Å²) in [6, 6.07) is 22.6. The third-order valence-corrected chi connectivity index (χ3v) is 4.63. The summed E-state index contributed by atoms with van der Waals surface area (Å²) in [4.78, 5) is 37.1. The van der Waals surface area contributed by atoms with Crippen LogP contribution < -0.4 is 15.4 Å². The number of hydrogen-bond donors (Lipinski definition) is 2. The molecule has 3 aromatic rings. The molecule has 29 heavy (non-hydrogen) atoms. The van der Waals surface area contributed by atoms with Crippen LogP contribution in [0.25, 0.3) is 0 Å². The van der Waals surface area contributed by atoms with E-state index in [4.69, 9.17) is 4.74 Å². The second-order valence-electron chi connectivity index (χ2n) is 6.66. The van der Waals surface area contributed by atoms with Crippen LogP contribution in [-0.2, 0) is 9.59 Å². The van der Waals surface area contributed by atoms with E-state index in [0.29, 0.717) is 16.9 Å². The highest BCUT2D eigenvalue weighted by molar-refractivity contribution is 6.04. The molecule has 0 saturated heterocycles. The van der Waals surface area contributed by atoms with Crippen molar-refractivity contribution in [2.24, 2.45) is 0 Å². The van der Waals surface area contributed by atoms with Gasteiger partial charge in [-0.05, 0) is 42.0 Å². The van der Waals surface area contributed by atoms with Crippen LogP contribution in [0.5, 0.6) is 5.75 Å². The molecule has 2 amide bonds. The summed E-state index contributed by atoms with van der Waals surface area (Å²) >= 11 is 0. The van der Waals surface area contributed by atoms with Gasteiger partial charge in [-0.3, -0.25) is 14.4 Å². The molecule has 2 N–H and O–H groups in total. The van der Waals surface area contributed by atoms with Crippen molar-refractivity contribution in [2.75, 3.05) is 10.6 Å². The number of amides is 2. The first-order valence-electron chi connectivity index (χ1n) is 9.17. The Morgan fingerprint density at radius 3 is 2.52 bits per heavy atom. The first-order chi connectivity index (χ1) is 14.1. The molecular weight excluding hydrogens is 368 g/mol. The Bertz CT molecular complexity index is 1080. The van der Waals surface area contributed by atoms with Crippen LogP contribution in [0.1, 0.15) is 28.3 Å². The summed E-state index contributed by atoms with van der Waals surface area (Å²) in [5.41, 5.74) is 2.36. The Morgan fingerprint density at radius 2 is 1.69 bits per heavy atom. The number of hydrogen-bond acceptors (Lipinski definition) is 4. The molecule has 0 bridgehead atoms. The molecule has 1 aliphatic heterocycles. The molecule has 6 nitrogen and oxygen atoms in total. The number of rotatable bonds is 4. The Hall–Kier alpha value is -3.93. The maximum Gasteiger partial charge on any atom is 0.319 e. The third kappa shape index (κ3) is 4.16. The molecule has 0 unspecified atom stereocenters. The number of nitrogens with one attached hydrogen (secondary N) is 2. The zero-order valence-electron chi connectivity index (χ0n) is 15.4. The second kappa shape index (κ2) is 7.98. The summed E-state index contributed by atoms with van der Waals surface area (Å²) in [6.07, 6.45) is 0.0179. The van der Waals surface area contributed by atoms with E-state index in [1.807, 2.05) is 24.3 Å². The monoisotopic (exact) mass is 386 g/mol. The van der Waals surface area contributed by atoms with E-state index >= 15 is 0 Å². The lowest BCUT2D eigenvalue weighted by molar-refractivity contribution is -0.138. The van der Waals surface area contributed by atoms with Gasteiger partial charge in [-0.25, -0.2) is 0 Å². The first-order valence-corrected chi connectivity index (χ1v) is 9.17. The van der Waals surface area contributed by atoms with Gasteiger partial charge in [0.25, 0.3) is 5.91 Å². The topological polar surface area (TPSA) is 84.5 Å². The van der Waals surface area contributed by atoms with Gasteiger partial charge in [0.05, 0.1) is 5.92 Å². The fourth-order valence-corrected chi connectivity index (χ4v) is 3.23. The average Bonchev–Trinajstić information content (AvgIpc) is 2.74. The highest BCUT2D eigenvalue weighted by Crippen LogP contribution is 2.33. The molecule has 0 aliphatic carbocycles. The van der Waals surface area contributed by atoms with Crippen molar-refractivity contribution in [1.29, 1.82) is 0 Å². The minimum atomic E-state index is -0.693. The lowest BCUT2D eigenvalue weighted by Crippen LogP contribution is -2.29. The highest BCUT2D eigenvalue weighted by atomic mass is 16.5. The zero-order valence-corrected chi connectivity index (χ0v) is 15.4. The molecular formula is C23H18N2O4. The number of ether oxygens (including phenoxy) is 1. The van der Waals surface area contributed by atoms with Crippen molar-refractivity contribution in [1.82, 2.24) is 0 Å². The first kappa shape index (κ1) is 18.4. The van der Waals surface area contributed by atoms with Gasteiger partial charge in [0.15, 0.2) is 0 Å². The molecule has 1 heterocycles. The number of carbonyl (C=O) groups excluding carboxylic acids is 3. The Kier molecular flexibility index (Phi) is 5.07. The molecule has 1 aliphatic rings.